The molecule has 0 aromatic heterocycles. The van der Waals surface area contributed by atoms with Gasteiger partial charge in [-0.05, 0) is 19.8 Å². The summed E-state index contributed by atoms with van der Waals surface area (Å²) >= 11 is 0. The molecule has 3 atom stereocenters. The number of carboxylic acids is 1. The second kappa shape index (κ2) is 10.1. The van der Waals surface area contributed by atoms with E-state index in [1.165, 1.54) is 7.11 Å². The summed E-state index contributed by atoms with van der Waals surface area (Å²) in [6.07, 6.45) is 1.94. The van der Waals surface area contributed by atoms with Gasteiger partial charge in [-0.15, -0.1) is 0 Å². The minimum atomic E-state index is -1.23. The Morgan fingerprint density at radius 1 is 1.24 bits per heavy atom. The molecule has 21 heavy (non-hydrogen) atoms. The third-order valence-corrected chi connectivity index (χ3v) is 3.49. The number of ether oxygens (including phenoxy) is 1. The summed E-state index contributed by atoms with van der Waals surface area (Å²) in [5.41, 5.74) is 0. The molecule has 3 N–H and O–H groups in total. The Morgan fingerprint density at radius 3 is 2.33 bits per heavy atom. The number of rotatable bonds is 9. The van der Waals surface area contributed by atoms with Crippen molar-refractivity contribution < 1.29 is 28.4 Å². The van der Waals surface area contributed by atoms with Crippen LogP contribution in [0.5, 0.6) is 0 Å². The van der Waals surface area contributed by atoms with Crippen molar-refractivity contribution in [1.82, 2.24) is 10.6 Å². The van der Waals surface area contributed by atoms with Crippen LogP contribution in [0.4, 0.5) is 4.79 Å². The molecular formula is C12H22N2O6S. The molecule has 0 aromatic carbocycles. The summed E-state index contributed by atoms with van der Waals surface area (Å²) in [4.78, 5) is 33.6. The zero-order valence-corrected chi connectivity index (χ0v) is 13.2. The number of hydrogen-bond acceptors (Lipinski definition) is 5. The lowest BCUT2D eigenvalue weighted by molar-refractivity contribution is -0.142. The normalized spacial score (nSPS) is 14.6. The second-order valence-electron chi connectivity index (χ2n) is 4.59. The van der Waals surface area contributed by atoms with Crippen LogP contribution < -0.4 is 10.6 Å². The van der Waals surface area contributed by atoms with Gasteiger partial charge in [-0.2, -0.15) is 0 Å². The number of carbonyl (C=O) groups is 3. The molecule has 0 spiro atoms. The first-order valence-corrected chi connectivity index (χ1v) is 8.15. The highest BCUT2D eigenvalue weighted by atomic mass is 32.2. The van der Waals surface area contributed by atoms with Crippen molar-refractivity contribution in [3.8, 4) is 0 Å². The third kappa shape index (κ3) is 9.83. The first-order chi connectivity index (χ1) is 9.76. The van der Waals surface area contributed by atoms with E-state index in [0.29, 0.717) is 12.2 Å². The van der Waals surface area contributed by atoms with Gasteiger partial charge in [-0.25, -0.2) is 9.59 Å². The highest BCUT2D eigenvalue weighted by Gasteiger charge is 2.21. The predicted octanol–water partition coefficient (Wildman–Crippen LogP) is -0.151. The number of amides is 2. The van der Waals surface area contributed by atoms with Gasteiger partial charge in [0.15, 0.2) is 0 Å². The molecule has 0 saturated carbocycles. The van der Waals surface area contributed by atoms with Crippen LogP contribution in [0, 0.1) is 0 Å². The smallest absolute Gasteiger partial charge is 0.326 e. The monoisotopic (exact) mass is 322 g/mol. The fraction of sp³-hybridized carbons (Fsp3) is 0.750. The Kier molecular flexibility index (Phi) is 9.35. The molecule has 0 aliphatic carbocycles. The van der Waals surface area contributed by atoms with Gasteiger partial charge in [-0.1, -0.05) is 0 Å². The van der Waals surface area contributed by atoms with E-state index in [1.54, 1.807) is 13.2 Å². The van der Waals surface area contributed by atoms with E-state index in [0.717, 1.165) is 0 Å². The average Bonchev–Trinajstić information content (AvgIpc) is 2.40. The minimum Gasteiger partial charge on any atom is -0.480 e. The number of urea groups is 1. The van der Waals surface area contributed by atoms with E-state index in [1.807, 2.05) is 0 Å². The van der Waals surface area contributed by atoms with Crippen molar-refractivity contribution in [2.24, 2.45) is 0 Å². The summed E-state index contributed by atoms with van der Waals surface area (Å²) in [5, 5.41) is 13.8. The fourth-order valence-corrected chi connectivity index (χ4v) is 2.15. The van der Waals surface area contributed by atoms with Crippen molar-refractivity contribution in [2.45, 2.75) is 38.3 Å². The van der Waals surface area contributed by atoms with Crippen molar-refractivity contribution in [2.75, 3.05) is 19.1 Å². The van der Waals surface area contributed by atoms with Gasteiger partial charge < -0.3 is 20.5 Å². The predicted molar refractivity (Wildman–Crippen MR) is 77.4 cm³/mol. The largest absolute Gasteiger partial charge is 0.480 e. The van der Waals surface area contributed by atoms with Gasteiger partial charge >= 0.3 is 18.0 Å². The quantitative estimate of drug-likeness (QED) is 0.507. The second-order valence-corrected chi connectivity index (χ2v) is 6.15. The van der Waals surface area contributed by atoms with Gasteiger partial charge in [-0.3, -0.25) is 9.00 Å². The van der Waals surface area contributed by atoms with E-state index in [2.05, 4.69) is 15.4 Å². The molecule has 0 aliphatic heterocycles. The van der Waals surface area contributed by atoms with Gasteiger partial charge in [0.25, 0.3) is 0 Å². The third-order valence-electron chi connectivity index (χ3n) is 2.68. The number of esters is 1. The van der Waals surface area contributed by atoms with E-state index < -0.39 is 34.8 Å². The maximum absolute atomic E-state index is 11.6. The Hall–Kier alpha value is -1.64. The molecule has 2 amide bonds. The van der Waals surface area contributed by atoms with Crippen molar-refractivity contribution in [3.63, 3.8) is 0 Å². The molecule has 0 saturated heterocycles. The van der Waals surface area contributed by atoms with Crippen LogP contribution >= 0.6 is 0 Å². The van der Waals surface area contributed by atoms with Gasteiger partial charge in [0.2, 0.25) is 0 Å². The fourth-order valence-electron chi connectivity index (χ4n) is 1.46. The average molecular weight is 322 g/mol. The number of carboxylic acid groups (broad SMARTS) is 1. The Morgan fingerprint density at radius 2 is 1.86 bits per heavy atom. The summed E-state index contributed by atoms with van der Waals surface area (Å²) < 4.78 is 15.4. The van der Waals surface area contributed by atoms with Crippen LogP contribution in [-0.2, 0) is 25.1 Å². The number of aliphatic carboxylic acids is 1. The molecule has 0 fully saturated rings. The van der Waals surface area contributed by atoms with E-state index in [9.17, 15) is 18.6 Å². The number of hydrogen-bond donors (Lipinski definition) is 3. The van der Waals surface area contributed by atoms with E-state index in [-0.39, 0.29) is 18.9 Å². The lowest BCUT2D eigenvalue weighted by atomic mass is 10.1. The number of nitrogens with one attached hydrogen (secondary N) is 2. The molecule has 0 aromatic rings. The van der Waals surface area contributed by atoms with E-state index >= 15 is 0 Å². The van der Waals surface area contributed by atoms with Gasteiger partial charge in [0.1, 0.15) is 6.04 Å². The van der Waals surface area contributed by atoms with E-state index in [4.69, 9.17) is 5.11 Å². The maximum atomic E-state index is 11.6. The molecule has 2 unspecified atom stereocenters. The molecule has 0 heterocycles. The molecule has 0 bridgehead atoms. The summed E-state index contributed by atoms with van der Waals surface area (Å²) in [6, 6.07) is -2.04. The van der Waals surface area contributed by atoms with Crippen LogP contribution in [-0.4, -0.2) is 58.5 Å². The molecule has 0 aliphatic rings. The SMILES string of the molecule is COC(=O)CC[C@H](NC(=O)NC(C)CCS(C)=O)C(=O)O. The first-order valence-electron chi connectivity index (χ1n) is 6.43. The number of carbonyl (C=O) groups excluding carboxylic acids is 2. The number of methoxy groups -OCH3 is 1. The standard InChI is InChI=1S/C12H22N2O6S/c1-8(6-7-21(3)19)13-12(18)14-9(11(16)17)4-5-10(15)20-2/h8-9H,4-7H2,1-3H3,(H,16,17)(H2,13,14,18)/t8?,9-,21?/m0/s1. The molecule has 0 rings (SSSR count). The van der Waals surface area contributed by atoms with Crippen LogP contribution in [0.25, 0.3) is 0 Å². The van der Waals surface area contributed by atoms with Crippen molar-refractivity contribution in [3.05, 3.63) is 0 Å². The highest BCUT2D eigenvalue weighted by molar-refractivity contribution is 7.84. The van der Waals surface area contributed by atoms with Crippen LogP contribution in [0.3, 0.4) is 0 Å². The van der Waals surface area contributed by atoms with Crippen LogP contribution in [0.1, 0.15) is 26.2 Å². The summed E-state index contributed by atoms with van der Waals surface area (Å²) in [7, 11) is 0.260. The highest BCUT2D eigenvalue weighted by Crippen LogP contribution is 2.00. The lowest BCUT2D eigenvalue weighted by Crippen LogP contribution is -2.48. The molecule has 0 radical (unpaired) electrons. The Balaban J connectivity index is 4.25. The molecule has 122 valence electrons. The Labute approximate surface area is 126 Å². The maximum Gasteiger partial charge on any atom is 0.326 e. The zero-order valence-electron chi connectivity index (χ0n) is 12.4. The topological polar surface area (TPSA) is 122 Å². The van der Waals surface area contributed by atoms with Crippen molar-refractivity contribution in [1.29, 1.82) is 0 Å². The first kappa shape index (κ1) is 19.4. The van der Waals surface area contributed by atoms with Crippen LogP contribution in [0.2, 0.25) is 0 Å². The Bertz CT molecular complexity index is 401. The molecule has 9 heteroatoms. The van der Waals surface area contributed by atoms with Gasteiger partial charge in [0, 0.05) is 35.3 Å². The summed E-state index contributed by atoms with van der Waals surface area (Å²) in [5.74, 6) is -1.31. The van der Waals surface area contributed by atoms with Crippen molar-refractivity contribution >= 4 is 28.8 Å². The van der Waals surface area contributed by atoms with Crippen LogP contribution in [0.15, 0.2) is 0 Å². The summed E-state index contributed by atoms with van der Waals surface area (Å²) in [6.45, 7) is 1.73. The minimum absolute atomic E-state index is 0.0528. The lowest BCUT2D eigenvalue weighted by Gasteiger charge is -2.18. The molecular weight excluding hydrogens is 300 g/mol. The van der Waals surface area contributed by atoms with Gasteiger partial charge in [0.05, 0.1) is 7.11 Å². The molecule has 8 nitrogen and oxygen atoms in total. The zero-order chi connectivity index (χ0) is 16.4.